The molecule has 2 N–H and O–H groups in total. The van der Waals surface area contributed by atoms with Gasteiger partial charge in [0.1, 0.15) is 5.76 Å². The lowest BCUT2D eigenvalue weighted by Crippen LogP contribution is -2.21. The number of carbonyl (C=O) groups is 2. The minimum Gasteiger partial charge on any atom is -0.507 e. The predicted molar refractivity (Wildman–Crippen MR) is 87.8 cm³/mol. The van der Waals surface area contributed by atoms with Crippen LogP contribution in [0, 0.1) is 13.8 Å². The van der Waals surface area contributed by atoms with E-state index in [-0.39, 0.29) is 11.3 Å². The number of aliphatic hydroxyl groups is 1. The zero-order valence-electron chi connectivity index (χ0n) is 13.0. The van der Waals surface area contributed by atoms with Gasteiger partial charge in [0.05, 0.1) is 11.6 Å². The molecule has 0 spiro atoms. The third-order valence-corrected chi connectivity index (χ3v) is 4.01. The number of aliphatic hydroxyl groups excluding tert-OH is 1. The van der Waals surface area contributed by atoms with Gasteiger partial charge in [-0.25, -0.2) is 0 Å². The SMILES string of the molecule is Cc1ccc(C(O)=C2C(=O)C(=O)N[C@H]2c2ccc(C)cc2)cc1. The molecule has 0 aromatic heterocycles. The molecule has 2 aromatic carbocycles. The van der Waals surface area contributed by atoms with Crippen molar-refractivity contribution in [3.63, 3.8) is 0 Å². The maximum atomic E-state index is 12.2. The smallest absolute Gasteiger partial charge is 0.293 e. The molecule has 116 valence electrons. The van der Waals surface area contributed by atoms with Crippen LogP contribution in [-0.2, 0) is 9.59 Å². The van der Waals surface area contributed by atoms with Crippen LogP contribution in [0.3, 0.4) is 0 Å². The fourth-order valence-corrected chi connectivity index (χ4v) is 2.64. The van der Waals surface area contributed by atoms with Crippen LogP contribution in [0.25, 0.3) is 5.76 Å². The van der Waals surface area contributed by atoms with Gasteiger partial charge in [-0.2, -0.15) is 0 Å². The van der Waals surface area contributed by atoms with Crippen LogP contribution in [0.4, 0.5) is 0 Å². The number of hydrogen-bond acceptors (Lipinski definition) is 3. The topological polar surface area (TPSA) is 66.4 Å². The maximum absolute atomic E-state index is 12.2. The summed E-state index contributed by atoms with van der Waals surface area (Å²) in [7, 11) is 0. The summed E-state index contributed by atoms with van der Waals surface area (Å²) in [5.41, 5.74) is 3.52. The number of carbonyl (C=O) groups excluding carboxylic acids is 2. The summed E-state index contributed by atoms with van der Waals surface area (Å²) in [6.07, 6.45) is 0. The molecule has 0 radical (unpaired) electrons. The number of rotatable bonds is 2. The first-order valence-electron chi connectivity index (χ1n) is 7.39. The number of amides is 1. The summed E-state index contributed by atoms with van der Waals surface area (Å²) < 4.78 is 0. The molecule has 1 saturated heterocycles. The van der Waals surface area contributed by atoms with E-state index in [9.17, 15) is 14.7 Å². The van der Waals surface area contributed by atoms with Crippen molar-refractivity contribution in [1.82, 2.24) is 5.32 Å². The van der Waals surface area contributed by atoms with Crippen molar-refractivity contribution in [3.05, 3.63) is 76.4 Å². The molecule has 1 heterocycles. The van der Waals surface area contributed by atoms with Crippen molar-refractivity contribution in [1.29, 1.82) is 0 Å². The lowest BCUT2D eigenvalue weighted by atomic mass is 9.95. The van der Waals surface area contributed by atoms with Gasteiger partial charge in [0.2, 0.25) is 0 Å². The molecular weight excluding hydrogens is 290 g/mol. The average Bonchev–Trinajstić information content (AvgIpc) is 2.84. The maximum Gasteiger partial charge on any atom is 0.293 e. The first-order valence-corrected chi connectivity index (χ1v) is 7.39. The van der Waals surface area contributed by atoms with Crippen LogP contribution < -0.4 is 5.32 Å². The molecule has 1 aliphatic rings. The largest absolute Gasteiger partial charge is 0.507 e. The van der Waals surface area contributed by atoms with Gasteiger partial charge in [-0.1, -0.05) is 59.7 Å². The van der Waals surface area contributed by atoms with Crippen LogP contribution in [0.15, 0.2) is 54.1 Å². The van der Waals surface area contributed by atoms with Gasteiger partial charge in [0.25, 0.3) is 11.7 Å². The Labute approximate surface area is 134 Å². The van der Waals surface area contributed by atoms with Gasteiger partial charge in [-0.3, -0.25) is 9.59 Å². The summed E-state index contributed by atoms with van der Waals surface area (Å²) in [6, 6.07) is 14.1. The second-order valence-electron chi connectivity index (χ2n) is 5.77. The number of Topliss-reactive ketones (excluding diaryl/α,β-unsaturated/α-hetero) is 1. The zero-order chi connectivity index (χ0) is 16.6. The first-order chi connectivity index (χ1) is 11.0. The molecule has 0 aliphatic carbocycles. The van der Waals surface area contributed by atoms with Crippen molar-refractivity contribution < 1.29 is 14.7 Å². The number of nitrogens with one attached hydrogen (secondary N) is 1. The van der Waals surface area contributed by atoms with Crippen molar-refractivity contribution >= 4 is 17.4 Å². The molecule has 1 atom stereocenters. The normalized spacial score (nSPS) is 19.7. The number of ketones is 1. The van der Waals surface area contributed by atoms with E-state index in [1.54, 1.807) is 12.1 Å². The van der Waals surface area contributed by atoms with Gasteiger partial charge in [0.15, 0.2) is 0 Å². The van der Waals surface area contributed by atoms with Gasteiger partial charge >= 0.3 is 0 Å². The molecule has 1 aliphatic heterocycles. The van der Waals surface area contributed by atoms with E-state index in [4.69, 9.17) is 0 Å². The molecule has 4 heteroatoms. The molecule has 0 saturated carbocycles. The second-order valence-corrected chi connectivity index (χ2v) is 5.77. The van der Waals surface area contributed by atoms with Gasteiger partial charge in [0, 0.05) is 5.56 Å². The third kappa shape index (κ3) is 2.75. The Balaban J connectivity index is 2.10. The van der Waals surface area contributed by atoms with Crippen molar-refractivity contribution in [3.8, 4) is 0 Å². The van der Waals surface area contributed by atoms with E-state index < -0.39 is 17.7 Å². The quantitative estimate of drug-likeness (QED) is 0.509. The van der Waals surface area contributed by atoms with E-state index >= 15 is 0 Å². The Kier molecular flexibility index (Phi) is 3.74. The Morgan fingerprint density at radius 2 is 1.43 bits per heavy atom. The Morgan fingerprint density at radius 3 is 2.00 bits per heavy atom. The Bertz CT molecular complexity index is 802. The monoisotopic (exact) mass is 307 g/mol. The molecule has 2 aromatic rings. The van der Waals surface area contributed by atoms with Crippen LogP contribution in [0.1, 0.15) is 28.3 Å². The van der Waals surface area contributed by atoms with Crippen LogP contribution >= 0.6 is 0 Å². The molecule has 3 rings (SSSR count). The van der Waals surface area contributed by atoms with E-state index in [1.807, 2.05) is 50.2 Å². The van der Waals surface area contributed by atoms with Crippen LogP contribution in [-0.4, -0.2) is 16.8 Å². The fraction of sp³-hybridized carbons (Fsp3) is 0.158. The van der Waals surface area contributed by atoms with E-state index in [1.165, 1.54) is 0 Å². The summed E-state index contributed by atoms with van der Waals surface area (Å²) in [5.74, 6) is -1.53. The highest BCUT2D eigenvalue weighted by Crippen LogP contribution is 2.32. The molecule has 1 fully saturated rings. The van der Waals surface area contributed by atoms with E-state index in [0.29, 0.717) is 5.56 Å². The standard InChI is InChI=1S/C19H17NO3/c1-11-3-7-13(8-4-11)16-15(18(22)19(23)20-16)17(21)14-9-5-12(2)6-10-14/h3-10,16,21H,1-2H3,(H,20,23)/t16-/m0/s1. The molecule has 0 bridgehead atoms. The summed E-state index contributed by atoms with van der Waals surface area (Å²) in [4.78, 5) is 24.0. The van der Waals surface area contributed by atoms with Crippen molar-refractivity contribution in [2.24, 2.45) is 0 Å². The highest BCUT2D eigenvalue weighted by Gasteiger charge is 2.39. The Hall–Kier alpha value is -2.88. The van der Waals surface area contributed by atoms with Crippen LogP contribution in [0.2, 0.25) is 0 Å². The zero-order valence-corrected chi connectivity index (χ0v) is 13.0. The molecule has 1 amide bonds. The predicted octanol–water partition coefficient (Wildman–Crippen LogP) is 3.01. The summed E-state index contributed by atoms with van der Waals surface area (Å²) in [5, 5.41) is 13.2. The molecule has 0 unspecified atom stereocenters. The number of aryl methyl sites for hydroxylation is 2. The van der Waals surface area contributed by atoms with Gasteiger partial charge < -0.3 is 10.4 Å². The average molecular weight is 307 g/mol. The minimum absolute atomic E-state index is 0.0997. The highest BCUT2D eigenvalue weighted by atomic mass is 16.3. The Morgan fingerprint density at radius 1 is 0.913 bits per heavy atom. The lowest BCUT2D eigenvalue weighted by molar-refractivity contribution is -0.133. The second kappa shape index (κ2) is 5.72. The summed E-state index contributed by atoms with van der Waals surface area (Å²) in [6.45, 7) is 3.90. The van der Waals surface area contributed by atoms with E-state index in [0.717, 1.165) is 16.7 Å². The van der Waals surface area contributed by atoms with Crippen molar-refractivity contribution in [2.45, 2.75) is 19.9 Å². The van der Waals surface area contributed by atoms with E-state index in [2.05, 4.69) is 5.32 Å². The first kappa shape index (κ1) is 15.0. The summed E-state index contributed by atoms with van der Waals surface area (Å²) >= 11 is 0. The molecular formula is C19H17NO3. The highest BCUT2D eigenvalue weighted by molar-refractivity contribution is 6.46. The van der Waals surface area contributed by atoms with Gasteiger partial charge in [-0.15, -0.1) is 0 Å². The third-order valence-electron chi connectivity index (χ3n) is 4.01. The lowest BCUT2D eigenvalue weighted by Gasteiger charge is -2.14. The van der Waals surface area contributed by atoms with Crippen LogP contribution in [0.5, 0.6) is 0 Å². The number of benzene rings is 2. The fourth-order valence-electron chi connectivity index (χ4n) is 2.64. The molecule has 4 nitrogen and oxygen atoms in total. The minimum atomic E-state index is -0.691. The van der Waals surface area contributed by atoms with Crippen molar-refractivity contribution in [2.75, 3.05) is 0 Å². The van der Waals surface area contributed by atoms with Gasteiger partial charge in [-0.05, 0) is 19.4 Å². The molecule has 23 heavy (non-hydrogen) atoms. The number of hydrogen-bond donors (Lipinski definition) is 2.